The van der Waals surface area contributed by atoms with E-state index in [-0.39, 0.29) is 0 Å². The first-order valence-electron chi connectivity index (χ1n) is 3.93. The van der Waals surface area contributed by atoms with E-state index < -0.39 is 0 Å². The second kappa shape index (κ2) is 2.58. The molecule has 1 atom stereocenters. The Labute approximate surface area is 70.5 Å². The van der Waals surface area contributed by atoms with E-state index in [0.717, 1.165) is 18.1 Å². The average molecular weight is 165 g/mol. The molecule has 0 amide bonds. The van der Waals surface area contributed by atoms with Crippen LogP contribution >= 0.6 is 0 Å². The third-order valence-corrected chi connectivity index (χ3v) is 1.75. The quantitative estimate of drug-likeness (QED) is 0.613. The van der Waals surface area contributed by atoms with Gasteiger partial charge in [-0.15, -0.1) is 5.10 Å². The maximum absolute atomic E-state index is 4.29. The van der Waals surface area contributed by atoms with Gasteiger partial charge in [0.25, 0.3) is 0 Å². The first kappa shape index (κ1) is 7.27. The number of nitrogens with one attached hydrogen (secondary N) is 1. The van der Waals surface area contributed by atoms with Crippen molar-refractivity contribution in [3.8, 4) is 0 Å². The van der Waals surface area contributed by atoms with Crippen molar-refractivity contribution < 1.29 is 0 Å². The summed E-state index contributed by atoms with van der Waals surface area (Å²) in [5.74, 6) is 0.857. The van der Waals surface area contributed by atoms with E-state index in [1.807, 2.05) is 13.2 Å². The van der Waals surface area contributed by atoms with Crippen LogP contribution < -0.4 is 5.32 Å². The van der Waals surface area contributed by atoms with Crippen molar-refractivity contribution in [2.75, 3.05) is 6.54 Å². The Morgan fingerprint density at radius 2 is 2.50 bits per heavy atom. The fraction of sp³-hybridized carbons (Fsp3) is 0.571. The summed E-state index contributed by atoms with van der Waals surface area (Å²) in [6.07, 6.45) is 1.85. The molecule has 1 aliphatic heterocycles. The Kier molecular flexibility index (Phi) is 1.56. The first-order valence-corrected chi connectivity index (χ1v) is 3.93. The molecule has 2 rings (SSSR count). The van der Waals surface area contributed by atoms with E-state index in [9.17, 15) is 0 Å². The molecule has 1 aromatic heterocycles. The van der Waals surface area contributed by atoms with Crippen molar-refractivity contribution in [1.82, 2.24) is 20.3 Å². The number of aliphatic imine (C=N–C) groups is 1. The molecule has 5 nitrogen and oxygen atoms in total. The Balaban J connectivity index is 2.21. The van der Waals surface area contributed by atoms with Gasteiger partial charge in [-0.3, -0.25) is 9.67 Å². The SMILES string of the molecule is CC1CN=C(c2cn(C)nn2)N1. The highest BCUT2D eigenvalue weighted by Gasteiger charge is 2.16. The summed E-state index contributed by atoms with van der Waals surface area (Å²) in [7, 11) is 1.84. The van der Waals surface area contributed by atoms with E-state index in [1.165, 1.54) is 0 Å². The van der Waals surface area contributed by atoms with Gasteiger partial charge in [-0.25, -0.2) is 0 Å². The lowest BCUT2D eigenvalue weighted by Crippen LogP contribution is -2.27. The highest BCUT2D eigenvalue weighted by molar-refractivity contribution is 5.97. The Bertz CT molecular complexity index is 313. The average Bonchev–Trinajstić information content (AvgIpc) is 2.58. The van der Waals surface area contributed by atoms with Crippen molar-refractivity contribution >= 4 is 5.84 Å². The van der Waals surface area contributed by atoms with Crippen LogP contribution in [0, 0.1) is 0 Å². The molecule has 1 aromatic rings. The molecule has 0 radical (unpaired) electrons. The van der Waals surface area contributed by atoms with Gasteiger partial charge in [0.05, 0.1) is 12.7 Å². The molecule has 1 aliphatic rings. The molecule has 0 fully saturated rings. The predicted octanol–water partition coefficient (Wildman–Crippen LogP) is -0.447. The Morgan fingerprint density at radius 1 is 1.67 bits per heavy atom. The molecular formula is C7H11N5. The Hall–Kier alpha value is -1.39. The topological polar surface area (TPSA) is 55.1 Å². The monoisotopic (exact) mass is 165 g/mol. The largest absolute Gasteiger partial charge is 0.364 e. The van der Waals surface area contributed by atoms with Gasteiger partial charge in [0, 0.05) is 13.1 Å². The lowest BCUT2D eigenvalue weighted by atomic mass is 10.3. The predicted molar refractivity (Wildman–Crippen MR) is 45.0 cm³/mol. The van der Waals surface area contributed by atoms with Gasteiger partial charge in [0.15, 0.2) is 5.84 Å². The molecule has 0 aliphatic carbocycles. The van der Waals surface area contributed by atoms with Crippen LogP contribution in [0.15, 0.2) is 11.2 Å². The van der Waals surface area contributed by atoms with Gasteiger partial charge in [-0.1, -0.05) is 5.21 Å². The normalized spacial score (nSPS) is 22.2. The van der Waals surface area contributed by atoms with E-state index in [1.54, 1.807) is 4.68 Å². The summed E-state index contributed by atoms with van der Waals surface area (Å²) in [6, 6.07) is 0.419. The van der Waals surface area contributed by atoms with Crippen molar-refractivity contribution in [3.05, 3.63) is 11.9 Å². The van der Waals surface area contributed by atoms with Crippen LogP contribution in [-0.4, -0.2) is 33.4 Å². The fourth-order valence-electron chi connectivity index (χ4n) is 1.16. The third kappa shape index (κ3) is 1.17. The standard InChI is InChI=1S/C7H11N5/c1-5-3-8-7(9-5)6-4-12(2)11-10-6/h4-5H,3H2,1-2H3,(H,8,9). The van der Waals surface area contributed by atoms with Crippen molar-refractivity contribution in [2.24, 2.45) is 12.0 Å². The third-order valence-electron chi connectivity index (χ3n) is 1.75. The van der Waals surface area contributed by atoms with Crippen LogP contribution in [0.1, 0.15) is 12.6 Å². The second-order valence-corrected chi connectivity index (χ2v) is 3.01. The molecule has 0 saturated heterocycles. The molecule has 0 saturated carbocycles. The number of hydrogen-bond acceptors (Lipinski definition) is 4. The molecular weight excluding hydrogens is 154 g/mol. The minimum atomic E-state index is 0.419. The number of amidine groups is 1. The smallest absolute Gasteiger partial charge is 0.151 e. The molecule has 0 aromatic carbocycles. The highest BCUT2D eigenvalue weighted by atomic mass is 15.4. The number of aromatic nitrogens is 3. The summed E-state index contributed by atoms with van der Waals surface area (Å²) in [4.78, 5) is 4.29. The summed E-state index contributed by atoms with van der Waals surface area (Å²) in [5, 5.41) is 11.0. The van der Waals surface area contributed by atoms with Crippen molar-refractivity contribution in [1.29, 1.82) is 0 Å². The molecule has 12 heavy (non-hydrogen) atoms. The number of nitrogens with zero attached hydrogens (tertiary/aromatic N) is 4. The van der Waals surface area contributed by atoms with Gasteiger partial charge in [0.1, 0.15) is 5.69 Å². The lowest BCUT2D eigenvalue weighted by Gasteiger charge is -2.01. The van der Waals surface area contributed by atoms with E-state index >= 15 is 0 Å². The van der Waals surface area contributed by atoms with E-state index in [0.29, 0.717) is 6.04 Å². The summed E-state index contributed by atoms with van der Waals surface area (Å²) >= 11 is 0. The van der Waals surface area contributed by atoms with Crippen LogP contribution in [0.3, 0.4) is 0 Å². The van der Waals surface area contributed by atoms with Crippen LogP contribution in [0.5, 0.6) is 0 Å². The Morgan fingerprint density at radius 3 is 3.00 bits per heavy atom. The molecule has 5 heteroatoms. The first-order chi connectivity index (χ1) is 5.75. The number of aryl methyl sites for hydroxylation is 1. The molecule has 0 bridgehead atoms. The van der Waals surface area contributed by atoms with E-state index in [4.69, 9.17) is 0 Å². The van der Waals surface area contributed by atoms with E-state index in [2.05, 4.69) is 27.5 Å². The van der Waals surface area contributed by atoms with Gasteiger partial charge in [-0.2, -0.15) is 0 Å². The molecule has 64 valence electrons. The molecule has 0 spiro atoms. The van der Waals surface area contributed by atoms with Gasteiger partial charge < -0.3 is 5.32 Å². The van der Waals surface area contributed by atoms with Crippen molar-refractivity contribution in [3.63, 3.8) is 0 Å². The van der Waals surface area contributed by atoms with Gasteiger partial charge in [0.2, 0.25) is 0 Å². The minimum Gasteiger partial charge on any atom is -0.364 e. The van der Waals surface area contributed by atoms with Crippen LogP contribution in [0.25, 0.3) is 0 Å². The second-order valence-electron chi connectivity index (χ2n) is 3.01. The zero-order chi connectivity index (χ0) is 8.55. The molecule has 2 heterocycles. The van der Waals surface area contributed by atoms with Gasteiger partial charge >= 0.3 is 0 Å². The highest BCUT2D eigenvalue weighted by Crippen LogP contribution is 2.01. The maximum Gasteiger partial charge on any atom is 0.151 e. The summed E-state index contributed by atoms with van der Waals surface area (Å²) in [6.45, 7) is 2.92. The van der Waals surface area contributed by atoms with Gasteiger partial charge in [-0.05, 0) is 6.92 Å². The molecule has 1 unspecified atom stereocenters. The van der Waals surface area contributed by atoms with Crippen molar-refractivity contribution in [2.45, 2.75) is 13.0 Å². The molecule has 1 N–H and O–H groups in total. The number of hydrogen-bond donors (Lipinski definition) is 1. The van der Waals surface area contributed by atoms with Crippen LogP contribution in [0.2, 0.25) is 0 Å². The number of rotatable bonds is 1. The summed E-state index contributed by atoms with van der Waals surface area (Å²) in [5.41, 5.74) is 0.821. The van der Waals surface area contributed by atoms with Crippen LogP contribution in [0.4, 0.5) is 0 Å². The summed E-state index contributed by atoms with van der Waals surface area (Å²) < 4.78 is 1.67. The zero-order valence-electron chi connectivity index (χ0n) is 7.15. The minimum absolute atomic E-state index is 0.419. The fourth-order valence-corrected chi connectivity index (χ4v) is 1.16. The maximum atomic E-state index is 4.29. The lowest BCUT2D eigenvalue weighted by molar-refractivity contribution is 0.714. The zero-order valence-corrected chi connectivity index (χ0v) is 7.15. The van der Waals surface area contributed by atoms with Crippen LogP contribution in [-0.2, 0) is 7.05 Å².